The van der Waals surface area contributed by atoms with Gasteiger partial charge in [0.15, 0.2) is 5.01 Å². The van der Waals surface area contributed by atoms with Gasteiger partial charge in [0.05, 0.1) is 28.0 Å². The number of para-hydroxylation sites is 1. The van der Waals surface area contributed by atoms with Crippen LogP contribution < -0.4 is 11.1 Å². The molecule has 3 aromatic rings. The number of Topliss-reactive ketones (excluding diaryl/α,β-unsaturated/α-hetero) is 1. The molecule has 0 spiro atoms. The zero-order valence-electron chi connectivity index (χ0n) is 16.5. The fourth-order valence-electron chi connectivity index (χ4n) is 2.45. The first kappa shape index (κ1) is 25.4. The quantitative estimate of drug-likeness (QED) is 0.326. The third-order valence-corrected chi connectivity index (χ3v) is 5.79. The number of halogens is 3. The number of fused-ring (bicyclic) bond motifs is 1. The molecule has 3 rings (SSSR count). The van der Waals surface area contributed by atoms with Gasteiger partial charge in [-0.05, 0) is 37.9 Å². The number of rotatable bonds is 8. The third-order valence-electron chi connectivity index (χ3n) is 3.97. The largest absolute Gasteiger partial charge is 0.490 e. The Morgan fingerprint density at radius 1 is 1.19 bits per heavy atom. The van der Waals surface area contributed by atoms with Crippen molar-refractivity contribution in [3.05, 3.63) is 45.9 Å². The summed E-state index contributed by atoms with van der Waals surface area (Å²) in [4.78, 5) is 42.9. The van der Waals surface area contributed by atoms with Gasteiger partial charge in [0, 0.05) is 0 Å². The summed E-state index contributed by atoms with van der Waals surface area (Å²) >= 11 is 2.60. The molecule has 1 aromatic carbocycles. The van der Waals surface area contributed by atoms with Crippen molar-refractivity contribution in [3.63, 3.8) is 0 Å². The number of hydrogen-bond acceptors (Lipinski definition) is 8. The fraction of sp³-hybridized carbons (Fsp3) is 0.316. The molecular formula is C19H19F3N4O4S2. The summed E-state index contributed by atoms with van der Waals surface area (Å²) in [7, 11) is 0. The standard InChI is InChI=1S/C17H18N4O2S2.C2HF3O2/c18-8-4-3-6-12(20-16(23)14-9-19-10-24-14)15(22)17-21-11-5-1-2-7-13(11)25-17;3-2(4,5)1(6)7/h1-2,5,7,9-10,12H,3-4,6,8,18H2,(H,20,23);(H,6,7)/t12-;/m0./s1. The minimum atomic E-state index is -5.08. The van der Waals surface area contributed by atoms with E-state index in [0.29, 0.717) is 22.9 Å². The Morgan fingerprint density at radius 2 is 1.88 bits per heavy atom. The highest BCUT2D eigenvalue weighted by molar-refractivity contribution is 7.20. The van der Waals surface area contributed by atoms with E-state index in [0.717, 1.165) is 23.1 Å². The van der Waals surface area contributed by atoms with E-state index < -0.39 is 18.2 Å². The first-order chi connectivity index (χ1) is 15.1. The van der Waals surface area contributed by atoms with Crippen LogP contribution in [0.5, 0.6) is 0 Å². The summed E-state index contributed by atoms with van der Waals surface area (Å²) in [6, 6.07) is 7.01. The Labute approximate surface area is 188 Å². The molecule has 172 valence electrons. The molecule has 2 aromatic heterocycles. The lowest BCUT2D eigenvalue weighted by Crippen LogP contribution is -2.40. The molecule has 1 atom stereocenters. The van der Waals surface area contributed by atoms with Crippen LogP contribution in [0, 0.1) is 0 Å². The Kier molecular flexibility index (Phi) is 9.23. The molecule has 32 heavy (non-hydrogen) atoms. The number of carboxylic acid groups (broad SMARTS) is 1. The number of carbonyl (C=O) groups is 3. The molecular weight excluding hydrogens is 469 g/mol. The molecule has 0 bridgehead atoms. The monoisotopic (exact) mass is 488 g/mol. The molecule has 2 heterocycles. The van der Waals surface area contributed by atoms with Crippen molar-refractivity contribution < 1.29 is 32.7 Å². The third kappa shape index (κ3) is 7.35. The van der Waals surface area contributed by atoms with Gasteiger partial charge in [0.25, 0.3) is 5.91 Å². The fourth-order valence-corrected chi connectivity index (χ4v) is 3.93. The van der Waals surface area contributed by atoms with E-state index in [-0.39, 0.29) is 11.7 Å². The number of carboxylic acids is 1. The first-order valence-corrected chi connectivity index (χ1v) is 10.9. The topological polar surface area (TPSA) is 135 Å². The summed E-state index contributed by atoms with van der Waals surface area (Å²) in [5, 5.41) is 10.4. The SMILES string of the molecule is NCCCC[C@H](NC(=O)c1cncs1)C(=O)c1nc2ccccc2s1.O=C(O)C(F)(F)F. The lowest BCUT2D eigenvalue weighted by Gasteiger charge is -2.15. The van der Waals surface area contributed by atoms with Crippen molar-refractivity contribution in [2.24, 2.45) is 5.73 Å². The van der Waals surface area contributed by atoms with Crippen LogP contribution in [0.25, 0.3) is 10.2 Å². The number of aliphatic carboxylic acids is 1. The van der Waals surface area contributed by atoms with Gasteiger partial charge < -0.3 is 16.2 Å². The van der Waals surface area contributed by atoms with Crippen LogP contribution in [0.3, 0.4) is 0 Å². The van der Waals surface area contributed by atoms with E-state index in [4.69, 9.17) is 15.6 Å². The maximum Gasteiger partial charge on any atom is 0.490 e. The Morgan fingerprint density at radius 3 is 2.44 bits per heavy atom. The highest BCUT2D eigenvalue weighted by Gasteiger charge is 2.38. The van der Waals surface area contributed by atoms with Gasteiger partial charge in [-0.3, -0.25) is 14.6 Å². The zero-order valence-corrected chi connectivity index (χ0v) is 18.1. The second kappa shape index (κ2) is 11.6. The van der Waals surface area contributed by atoms with Crippen LogP contribution in [0.2, 0.25) is 0 Å². The van der Waals surface area contributed by atoms with Crippen LogP contribution in [-0.2, 0) is 4.79 Å². The van der Waals surface area contributed by atoms with Gasteiger partial charge in [0.1, 0.15) is 4.88 Å². The van der Waals surface area contributed by atoms with Crippen LogP contribution in [0.4, 0.5) is 13.2 Å². The number of hydrogen-bond donors (Lipinski definition) is 3. The first-order valence-electron chi connectivity index (χ1n) is 9.22. The predicted molar refractivity (Wildman–Crippen MR) is 114 cm³/mol. The molecule has 0 unspecified atom stereocenters. The average molecular weight is 489 g/mol. The number of thiazole rings is 2. The van der Waals surface area contributed by atoms with Crippen LogP contribution in [-0.4, -0.2) is 51.5 Å². The molecule has 0 aliphatic heterocycles. The molecule has 0 fully saturated rings. The van der Waals surface area contributed by atoms with Gasteiger partial charge in [0.2, 0.25) is 5.78 Å². The van der Waals surface area contributed by atoms with Gasteiger partial charge >= 0.3 is 12.1 Å². The van der Waals surface area contributed by atoms with Gasteiger partial charge in [-0.2, -0.15) is 13.2 Å². The molecule has 8 nitrogen and oxygen atoms in total. The van der Waals surface area contributed by atoms with Crippen LogP contribution in [0.1, 0.15) is 38.7 Å². The number of amides is 1. The molecule has 0 aliphatic rings. The van der Waals surface area contributed by atoms with Crippen molar-refractivity contribution in [2.75, 3.05) is 6.54 Å². The Balaban J connectivity index is 0.000000451. The lowest BCUT2D eigenvalue weighted by atomic mass is 10.1. The van der Waals surface area contributed by atoms with Crippen molar-refractivity contribution in [2.45, 2.75) is 31.5 Å². The number of carbonyl (C=O) groups excluding carboxylic acids is 2. The smallest absolute Gasteiger partial charge is 0.475 e. The van der Waals surface area contributed by atoms with E-state index in [1.807, 2.05) is 24.3 Å². The maximum atomic E-state index is 12.9. The second-order valence-corrected chi connectivity index (χ2v) is 8.25. The summed E-state index contributed by atoms with van der Waals surface area (Å²) in [6.45, 7) is 0.560. The molecule has 1 amide bonds. The van der Waals surface area contributed by atoms with Gasteiger partial charge in [-0.1, -0.05) is 12.1 Å². The summed E-state index contributed by atoms with van der Waals surface area (Å²) in [5.41, 5.74) is 7.93. The average Bonchev–Trinajstić information content (AvgIpc) is 3.42. The van der Waals surface area contributed by atoms with Crippen molar-refractivity contribution in [3.8, 4) is 0 Å². The maximum absolute atomic E-state index is 12.9. The number of unbranched alkanes of at least 4 members (excludes halogenated alkanes) is 1. The zero-order chi connectivity index (χ0) is 23.7. The minimum Gasteiger partial charge on any atom is -0.475 e. The normalized spacial score (nSPS) is 12.0. The molecule has 13 heteroatoms. The molecule has 0 saturated carbocycles. The van der Waals surface area contributed by atoms with E-state index in [9.17, 15) is 22.8 Å². The molecule has 4 N–H and O–H groups in total. The van der Waals surface area contributed by atoms with Crippen LogP contribution in [0.15, 0.2) is 36.0 Å². The Bertz CT molecular complexity index is 1020. The van der Waals surface area contributed by atoms with E-state index in [1.54, 1.807) is 5.51 Å². The van der Waals surface area contributed by atoms with E-state index in [2.05, 4.69) is 15.3 Å². The minimum absolute atomic E-state index is 0.156. The highest BCUT2D eigenvalue weighted by atomic mass is 32.1. The summed E-state index contributed by atoms with van der Waals surface area (Å²) in [5.74, 6) is -3.20. The van der Waals surface area contributed by atoms with Gasteiger partial charge in [-0.25, -0.2) is 9.78 Å². The summed E-state index contributed by atoms with van der Waals surface area (Å²) < 4.78 is 32.7. The number of nitrogens with one attached hydrogen (secondary N) is 1. The highest BCUT2D eigenvalue weighted by Crippen LogP contribution is 2.23. The number of ketones is 1. The van der Waals surface area contributed by atoms with Crippen molar-refractivity contribution in [1.29, 1.82) is 0 Å². The second-order valence-electron chi connectivity index (χ2n) is 6.33. The number of nitrogens with zero attached hydrogens (tertiary/aromatic N) is 2. The predicted octanol–water partition coefficient (Wildman–Crippen LogP) is 3.50. The molecule has 0 aliphatic carbocycles. The number of alkyl halides is 3. The Hall–Kier alpha value is -2.90. The van der Waals surface area contributed by atoms with Gasteiger partial charge in [-0.15, -0.1) is 22.7 Å². The van der Waals surface area contributed by atoms with Crippen molar-refractivity contribution >= 4 is 50.5 Å². The number of aromatic nitrogens is 2. The lowest BCUT2D eigenvalue weighted by molar-refractivity contribution is -0.192. The molecule has 0 radical (unpaired) electrons. The van der Waals surface area contributed by atoms with E-state index in [1.165, 1.54) is 28.9 Å². The van der Waals surface area contributed by atoms with Crippen molar-refractivity contribution in [1.82, 2.24) is 15.3 Å². The number of nitrogens with two attached hydrogens (primary N) is 1. The summed E-state index contributed by atoms with van der Waals surface area (Å²) in [6.07, 6.45) is -1.48. The number of benzene rings is 1. The van der Waals surface area contributed by atoms with E-state index >= 15 is 0 Å². The van der Waals surface area contributed by atoms with Crippen LogP contribution >= 0.6 is 22.7 Å². The molecule has 0 saturated heterocycles.